The summed E-state index contributed by atoms with van der Waals surface area (Å²) in [6.45, 7) is 1.67. The molecule has 1 unspecified atom stereocenters. The van der Waals surface area contributed by atoms with E-state index in [-0.39, 0.29) is 17.9 Å². The van der Waals surface area contributed by atoms with Crippen molar-refractivity contribution in [3.63, 3.8) is 0 Å². The van der Waals surface area contributed by atoms with E-state index in [1.165, 1.54) is 10.5 Å². The van der Waals surface area contributed by atoms with Crippen molar-refractivity contribution in [2.24, 2.45) is 0 Å². The van der Waals surface area contributed by atoms with Crippen molar-refractivity contribution in [1.29, 1.82) is 0 Å². The third kappa shape index (κ3) is 4.67. The Morgan fingerprint density at radius 2 is 1.93 bits per heavy atom. The molecule has 3 rings (SSSR count). The van der Waals surface area contributed by atoms with Crippen molar-refractivity contribution >= 4 is 29.1 Å². The van der Waals surface area contributed by atoms with Crippen LogP contribution in [0.3, 0.4) is 0 Å². The molecular formula is C21H24ClN3O2. The number of benzene rings is 2. The zero-order chi connectivity index (χ0) is 19.4. The van der Waals surface area contributed by atoms with Gasteiger partial charge >= 0.3 is 0 Å². The minimum absolute atomic E-state index is 0.0359. The zero-order valence-corrected chi connectivity index (χ0v) is 16.4. The van der Waals surface area contributed by atoms with Gasteiger partial charge in [-0.25, -0.2) is 0 Å². The summed E-state index contributed by atoms with van der Waals surface area (Å²) < 4.78 is 0. The lowest BCUT2D eigenvalue weighted by molar-refractivity contribution is -0.120. The summed E-state index contributed by atoms with van der Waals surface area (Å²) in [6, 6.07) is 15.0. The lowest BCUT2D eigenvalue weighted by atomic mass is 10.1. The van der Waals surface area contributed by atoms with Gasteiger partial charge in [0.15, 0.2) is 0 Å². The Bertz CT molecular complexity index is 823. The van der Waals surface area contributed by atoms with Gasteiger partial charge in [-0.1, -0.05) is 41.9 Å². The molecule has 1 heterocycles. The van der Waals surface area contributed by atoms with Gasteiger partial charge in [-0.2, -0.15) is 0 Å². The van der Waals surface area contributed by atoms with Crippen molar-refractivity contribution in [1.82, 2.24) is 9.80 Å². The number of carbonyl (C=O) groups excluding carboxylic acids is 2. The second-order valence-electron chi connectivity index (χ2n) is 7.00. The average Bonchev–Trinajstić information content (AvgIpc) is 3.10. The van der Waals surface area contributed by atoms with Crippen molar-refractivity contribution < 1.29 is 9.59 Å². The van der Waals surface area contributed by atoms with E-state index in [2.05, 4.69) is 22.3 Å². The second-order valence-corrected chi connectivity index (χ2v) is 7.40. The first-order valence-corrected chi connectivity index (χ1v) is 9.43. The summed E-state index contributed by atoms with van der Waals surface area (Å²) >= 11 is 6.24. The molecule has 2 aromatic carbocycles. The number of hydrogen-bond donors (Lipinski definition) is 1. The van der Waals surface area contributed by atoms with Crippen LogP contribution < -0.4 is 5.32 Å². The molecule has 1 atom stereocenters. The highest BCUT2D eigenvalue weighted by molar-refractivity contribution is 6.34. The smallest absolute Gasteiger partial charge is 0.254 e. The van der Waals surface area contributed by atoms with Gasteiger partial charge in [-0.15, -0.1) is 0 Å². The van der Waals surface area contributed by atoms with E-state index < -0.39 is 0 Å². The lowest BCUT2D eigenvalue weighted by Gasteiger charge is -2.24. The SMILES string of the molecule is CN(C)C(=O)c1ccc(NC(=O)C2CCCN2Cc2ccccc2)cc1Cl. The van der Waals surface area contributed by atoms with Gasteiger partial charge in [0.25, 0.3) is 5.91 Å². The highest BCUT2D eigenvalue weighted by atomic mass is 35.5. The van der Waals surface area contributed by atoms with Crippen LogP contribution in [-0.2, 0) is 11.3 Å². The van der Waals surface area contributed by atoms with Gasteiger partial charge in [0, 0.05) is 26.3 Å². The van der Waals surface area contributed by atoms with Gasteiger partial charge in [-0.05, 0) is 43.1 Å². The Morgan fingerprint density at radius 3 is 2.59 bits per heavy atom. The van der Waals surface area contributed by atoms with Crippen LogP contribution in [0.25, 0.3) is 0 Å². The molecule has 0 bridgehead atoms. The van der Waals surface area contributed by atoms with E-state index in [0.29, 0.717) is 16.3 Å². The zero-order valence-electron chi connectivity index (χ0n) is 15.6. The fraction of sp³-hybridized carbons (Fsp3) is 0.333. The molecule has 2 amide bonds. The molecule has 1 saturated heterocycles. The predicted octanol–water partition coefficient (Wildman–Crippen LogP) is 3.64. The fourth-order valence-corrected chi connectivity index (χ4v) is 3.62. The molecule has 0 radical (unpaired) electrons. The second kappa shape index (κ2) is 8.55. The first-order valence-electron chi connectivity index (χ1n) is 9.06. The Labute approximate surface area is 164 Å². The van der Waals surface area contributed by atoms with Crippen molar-refractivity contribution in [3.05, 3.63) is 64.7 Å². The van der Waals surface area contributed by atoms with E-state index in [4.69, 9.17) is 11.6 Å². The van der Waals surface area contributed by atoms with Crippen LogP contribution in [0.2, 0.25) is 5.02 Å². The minimum Gasteiger partial charge on any atom is -0.345 e. The van der Waals surface area contributed by atoms with Crippen molar-refractivity contribution in [2.75, 3.05) is 26.0 Å². The van der Waals surface area contributed by atoms with Crippen LogP contribution >= 0.6 is 11.6 Å². The summed E-state index contributed by atoms with van der Waals surface area (Å²) in [5.74, 6) is -0.200. The molecule has 1 N–H and O–H groups in total. The molecule has 1 aliphatic rings. The lowest BCUT2D eigenvalue weighted by Crippen LogP contribution is -2.39. The normalized spacial score (nSPS) is 16.9. The maximum atomic E-state index is 12.8. The summed E-state index contributed by atoms with van der Waals surface area (Å²) in [7, 11) is 3.35. The standard InChI is InChI=1S/C21H24ClN3O2/c1-24(2)21(27)17-11-10-16(13-18(17)22)23-20(26)19-9-6-12-25(19)14-15-7-4-3-5-8-15/h3-5,7-8,10-11,13,19H,6,9,12,14H2,1-2H3,(H,23,26). The molecule has 0 spiro atoms. The van der Waals surface area contributed by atoms with E-state index in [0.717, 1.165) is 25.9 Å². The maximum absolute atomic E-state index is 12.8. The average molecular weight is 386 g/mol. The number of halogens is 1. The molecule has 0 aromatic heterocycles. The number of likely N-dealkylation sites (tertiary alicyclic amines) is 1. The molecule has 0 aliphatic carbocycles. The van der Waals surface area contributed by atoms with Crippen molar-refractivity contribution in [3.8, 4) is 0 Å². The first kappa shape index (κ1) is 19.4. The van der Waals surface area contributed by atoms with Crippen molar-refractivity contribution in [2.45, 2.75) is 25.4 Å². The summed E-state index contributed by atoms with van der Waals surface area (Å²) in [6.07, 6.45) is 1.84. The summed E-state index contributed by atoms with van der Waals surface area (Å²) in [4.78, 5) is 28.5. The predicted molar refractivity (Wildman–Crippen MR) is 108 cm³/mol. The molecule has 142 valence electrons. The number of amides is 2. The molecule has 6 heteroatoms. The first-order chi connectivity index (χ1) is 13.0. The van der Waals surface area contributed by atoms with E-state index in [9.17, 15) is 9.59 Å². The van der Waals surface area contributed by atoms with E-state index >= 15 is 0 Å². The van der Waals surface area contributed by atoms with Crippen LogP contribution in [0.5, 0.6) is 0 Å². The molecule has 27 heavy (non-hydrogen) atoms. The summed E-state index contributed by atoms with van der Waals surface area (Å²) in [5, 5.41) is 3.28. The van der Waals surface area contributed by atoms with Gasteiger partial charge < -0.3 is 10.2 Å². The Kier molecular flexibility index (Phi) is 6.14. The van der Waals surface area contributed by atoms with Gasteiger partial charge in [0.2, 0.25) is 5.91 Å². The van der Waals surface area contributed by atoms with E-state index in [1.807, 2.05) is 18.2 Å². The molecule has 2 aromatic rings. The number of rotatable bonds is 5. The van der Waals surface area contributed by atoms with Crippen LogP contribution in [0, 0.1) is 0 Å². The van der Waals surface area contributed by atoms with E-state index in [1.54, 1.807) is 32.3 Å². The van der Waals surface area contributed by atoms with Gasteiger partial charge in [0.05, 0.1) is 16.6 Å². The molecule has 0 saturated carbocycles. The van der Waals surface area contributed by atoms with Crippen LogP contribution in [0.15, 0.2) is 48.5 Å². The maximum Gasteiger partial charge on any atom is 0.254 e. The van der Waals surface area contributed by atoms with Gasteiger partial charge in [0.1, 0.15) is 0 Å². The largest absolute Gasteiger partial charge is 0.345 e. The quantitative estimate of drug-likeness (QED) is 0.854. The Balaban J connectivity index is 1.67. The van der Waals surface area contributed by atoms with Crippen LogP contribution in [0.4, 0.5) is 5.69 Å². The highest BCUT2D eigenvalue weighted by Crippen LogP contribution is 2.25. The third-order valence-corrected chi connectivity index (χ3v) is 5.08. The number of nitrogens with zero attached hydrogens (tertiary/aromatic N) is 2. The highest BCUT2D eigenvalue weighted by Gasteiger charge is 2.30. The molecule has 5 nitrogen and oxygen atoms in total. The Morgan fingerprint density at radius 1 is 1.19 bits per heavy atom. The van der Waals surface area contributed by atoms with Crippen LogP contribution in [-0.4, -0.2) is 48.3 Å². The number of nitrogens with one attached hydrogen (secondary N) is 1. The monoisotopic (exact) mass is 385 g/mol. The number of anilines is 1. The van der Waals surface area contributed by atoms with Gasteiger partial charge in [-0.3, -0.25) is 14.5 Å². The number of hydrogen-bond acceptors (Lipinski definition) is 3. The molecular weight excluding hydrogens is 362 g/mol. The van der Waals surface area contributed by atoms with Crippen LogP contribution in [0.1, 0.15) is 28.8 Å². The molecule has 1 aliphatic heterocycles. The summed E-state index contributed by atoms with van der Waals surface area (Å²) in [5.41, 5.74) is 2.23. The minimum atomic E-state index is -0.164. The number of carbonyl (C=O) groups is 2. The third-order valence-electron chi connectivity index (χ3n) is 4.77. The Hall–Kier alpha value is -2.37. The fourth-order valence-electron chi connectivity index (χ4n) is 3.36. The topological polar surface area (TPSA) is 52.7 Å². The molecule has 1 fully saturated rings.